The first-order valence-corrected chi connectivity index (χ1v) is 9.79. The summed E-state index contributed by atoms with van der Waals surface area (Å²) in [5.74, 6) is 1.37. The van der Waals surface area contributed by atoms with Gasteiger partial charge in [0.1, 0.15) is 17.2 Å². The van der Waals surface area contributed by atoms with Gasteiger partial charge in [-0.2, -0.15) is 4.57 Å². The van der Waals surface area contributed by atoms with Crippen LogP contribution in [0.4, 0.5) is 0 Å². The van der Waals surface area contributed by atoms with Crippen LogP contribution in [0.3, 0.4) is 0 Å². The molecule has 0 saturated carbocycles. The number of phosphoric acid groups is 1. The maximum absolute atomic E-state index is 13.5. The molecule has 0 heterocycles. The third-order valence-electron chi connectivity index (χ3n) is 3.91. The van der Waals surface area contributed by atoms with Gasteiger partial charge in [0.25, 0.3) is 0 Å². The summed E-state index contributed by atoms with van der Waals surface area (Å²) in [6, 6.07) is 22.0. The molecule has 3 rings (SSSR count). The molecular formula is C21H23CaO4P. The average molecular weight is 410 g/mol. The fraction of sp³-hybridized carbons (Fsp3) is 0.143. The van der Waals surface area contributed by atoms with Crippen LogP contribution >= 0.6 is 7.82 Å². The van der Waals surface area contributed by atoms with Crippen molar-refractivity contribution in [3.05, 3.63) is 89.5 Å². The Morgan fingerprint density at radius 3 is 1.07 bits per heavy atom. The Morgan fingerprint density at radius 1 is 0.556 bits per heavy atom. The number of rotatable bonds is 6. The van der Waals surface area contributed by atoms with Gasteiger partial charge in [0, 0.05) is 0 Å². The quantitative estimate of drug-likeness (QED) is 0.406. The zero-order chi connectivity index (χ0) is 18.6. The van der Waals surface area contributed by atoms with Gasteiger partial charge in [0.05, 0.1) is 0 Å². The molecule has 0 aliphatic rings. The normalized spacial score (nSPS) is 10.6. The molecule has 0 bridgehead atoms. The van der Waals surface area contributed by atoms with Gasteiger partial charge < -0.3 is 13.6 Å². The summed E-state index contributed by atoms with van der Waals surface area (Å²) in [4.78, 5) is 0. The van der Waals surface area contributed by atoms with Crippen molar-refractivity contribution in [1.29, 1.82) is 0 Å². The fourth-order valence-electron chi connectivity index (χ4n) is 2.39. The molecule has 3 aromatic carbocycles. The van der Waals surface area contributed by atoms with Gasteiger partial charge >= 0.3 is 45.6 Å². The van der Waals surface area contributed by atoms with Crippen molar-refractivity contribution in [3.8, 4) is 17.2 Å². The molecule has 0 atom stereocenters. The molecule has 4 nitrogen and oxygen atoms in total. The van der Waals surface area contributed by atoms with Crippen LogP contribution in [-0.2, 0) is 4.57 Å². The van der Waals surface area contributed by atoms with Crippen LogP contribution in [0.5, 0.6) is 17.2 Å². The Hall–Kier alpha value is -1.45. The molecule has 0 saturated heterocycles. The molecule has 138 valence electrons. The average Bonchev–Trinajstić information content (AvgIpc) is 2.61. The van der Waals surface area contributed by atoms with E-state index in [4.69, 9.17) is 13.6 Å². The molecule has 0 unspecified atom stereocenters. The van der Waals surface area contributed by atoms with E-state index in [-0.39, 0.29) is 37.7 Å². The van der Waals surface area contributed by atoms with Crippen molar-refractivity contribution < 1.29 is 18.1 Å². The maximum atomic E-state index is 13.5. The number of benzene rings is 3. The predicted octanol–water partition coefficient (Wildman–Crippen LogP) is 5.34. The second kappa shape index (κ2) is 9.66. The van der Waals surface area contributed by atoms with Gasteiger partial charge in [-0.1, -0.05) is 54.6 Å². The molecule has 0 aliphatic heterocycles. The van der Waals surface area contributed by atoms with E-state index in [0.29, 0.717) is 17.2 Å². The van der Waals surface area contributed by atoms with Crippen LogP contribution in [0.1, 0.15) is 16.7 Å². The van der Waals surface area contributed by atoms with Gasteiger partial charge in [-0.3, -0.25) is 0 Å². The summed E-state index contributed by atoms with van der Waals surface area (Å²) in [6.45, 7) is 5.63. The molecular weight excluding hydrogens is 387 g/mol. The summed E-state index contributed by atoms with van der Waals surface area (Å²) in [5, 5.41) is 0. The standard InChI is InChI=1S/C21H21O4P.Ca.2H/c1-16-10-4-7-13-19(16)23-26(22,24-20-14-8-5-11-17(20)2)25-21-15-9-6-12-18(21)3;;;/h4-15H,1-3H3;;;. The number of para-hydroxylation sites is 3. The zero-order valence-corrected chi connectivity index (χ0v) is 15.9. The van der Waals surface area contributed by atoms with E-state index in [0.717, 1.165) is 16.7 Å². The summed E-state index contributed by atoms with van der Waals surface area (Å²) < 4.78 is 30.8. The molecule has 0 amide bonds. The molecule has 27 heavy (non-hydrogen) atoms. The fourth-order valence-corrected chi connectivity index (χ4v) is 3.84. The van der Waals surface area contributed by atoms with E-state index in [1.165, 1.54) is 0 Å². The number of hydrogen-bond acceptors (Lipinski definition) is 4. The Labute approximate surface area is 190 Å². The van der Waals surface area contributed by atoms with E-state index in [1.54, 1.807) is 18.2 Å². The van der Waals surface area contributed by atoms with Crippen molar-refractivity contribution in [1.82, 2.24) is 0 Å². The first-order valence-electron chi connectivity index (χ1n) is 8.32. The van der Waals surface area contributed by atoms with Crippen molar-refractivity contribution in [2.24, 2.45) is 0 Å². The SMILES string of the molecule is Cc1ccccc1OP(=O)(Oc1ccccc1C)Oc1ccccc1C.[CaH2]. The summed E-state index contributed by atoms with van der Waals surface area (Å²) in [7, 11) is -3.97. The van der Waals surface area contributed by atoms with E-state index < -0.39 is 7.82 Å². The number of phosphoric ester groups is 1. The monoisotopic (exact) mass is 410 g/mol. The van der Waals surface area contributed by atoms with Crippen LogP contribution in [0.25, 0.3) is 0 Å². The van der Waals surface area contributed by atoms with Crippen LogP contribution < -0.4 is 13.6 Å². The van der Waals surface area contributed by atoms with Gasteiger partial charge in [-0.15, -0.1) is 0 Å². The molecule has 0 aromatic heterocycles. The Balaban J connectivity index is 0.00000261. The Bertz CT molecular complexity index is 836. The summed E-state index contributed by atoms with van der Waals surface area (Å²) in [6.07, 6.45) is 0. The van der Waals surface area contributed by atoms with Crippen LogP contribution in [0, 0.1) is 20.8 Å². The third-order valence-corrected chi connectivity index (χ3v) is 5.17. The van der Waals surface area contributed by atoms with Gasteiger partial charge in [0.15, 0.2) is 0 Å². The van der Waals surface area contributed by atoms with Crippen molar-refractivity contribution >= 4 is 45.6 Å². The van der Waals surface area contributed by atoms with Gasteiger partial charge in [0.2, 0.25) is 0 Å². The topological polar surface area (TPSA) is 44.8 Å². The molecule has 0 radical (unpaired) electrons. The van der Waals surface area contributed by atoms with Gasteiger partial charge in [-0.05, 0) is 55.7 Å². The molecule has 3 aromatic rings. The molecule has 6 heteroatoms. The summed E-state index contributed by atoms with van der Waals surface area (Å²) >= 11 is 0. The molecule has 0 aliphatic carbocycles. The minimum absolute atomic E-state index is 0. The second-order valence-corrected chi connectivity index (χ2v) is 7.46. The Morgan fingerprint density at radius 2 is 0.815 bits per heavy atom. The van der Waals surface area contributed by atoms with Crippen molar-refractivity contribution in [2.75, 3.05) is 0 Å². The minimum atomic E-state index is -3.97. The Kier molecular flexibility index (Phi) is 7.81. The predicted molar refractivity (Wildman–Crippen MR) is 112 cm³/mol. The first-order chi connectivity index (χ1) is 12.5. The molecule has 0 N–H and O–H groups in total. The summed E-state index contributed by atoms with van der Waals surface area (Å²) in [5.41, 5.74) is 2.53. The van der Waals surface area contributed by atoms with E-state index in [9.17, 15) is 4.57 Å². The van der Waals surface area contributed by atoms with E-state index >= 15 is 0 Å². The van der Waals surface area contributed by atoms with Gasteiger partial charge in [-0.25, -0.2) is 0 Å². The van der Waals surface area contributed by atoms with Crippen molar-refractivity contribution in [3.63, 3.8) is 0 Å². The van der Waals surface area contributed by atoms with E-state index in [1.807, 2.05) is 75.4 Å². The van der Waals surface area contributed by atoms with Crippen LogP contribution in [0.2, 0.25) is 0 Å². The van der Waals surface area contributed by atoms with Crippen LogP contribution in [0.15, 0.2) is 72.8 Å². The van der Waals surface area contributed by atoms with E-state index in [2.05, 4.69) is 0 Å². The first kappa shape index (κ1) is 21.8. The van der Waals surface area contributed by atoms with Crippen LogP contribution in [-0.4, -0.2) is 37.7 Å². The molecule has 0 spiro atoms. The zero-order valence-electron chi connectivity index (χ0n) is 15.0. The number of hydrogen-bond donors (Lipinski definition) is 0. The second-order valence-electron chi connectivity index (χ2n) is 6.02. The third kappa shape index (κ3) is 5.76. The number of aryl methyl sites for hydroxylation is 3. The van der Waals surface area contributed by atoms with Crippen molar-refractivity contribution in [2.45, 2.75) is 20.8 Å². The molecule has 0 fully saturated rings.